The van der Waals surface area contributed by atoms with Crippen molar-refractivity contribution < 1.29 is 9.18 Å². The van der Waals surface area contributed by atoms with Gasteiger partial charge in [0.15, 0.2) is 0 Å². The molecule has 0 spiro atoms. The maximum absolute atomic E-state index is 13.0. The van der Waals surface area contributed by atoms with E-state index in [0.717, 1.165) is 19.3 Å². The Balaban J connectivity index is 1.97. The van der Waals surface area contributed by atoms with Crippen molar-refractivity contribution in [3.05, 3.63) is 34.1 Å². The van der Waals surface area contributed by atoms with Gasteiger partial charge in [0.1, 0.15) is 5.82 Å². The summed E-state index contributed by atoms with van der Waals surface area (Å²) in [7, 11) is 0. The van der Waals surface area contributed by atoms with Crippen molar-refractivity contribution in [2.45, 2.75) is 24.8 Å². The van der Waals surface area contributed by atoms with Gasteiger partial charge in [-0.25, -0.2) is 4.39 Å². The Kier molecular flexibility index (Phi) is 3.49. The van der Waals surface area contributed by atoms with E-state index >= 15 is 0 Å². The molecule has 1 aromatic rings. The highest BCUT2D eigenvalue weighted by Gasteiger charge is 2.32. The van der Waals surface area contributed by atoms with E-state index in [1.54, 1.807) is 0 Å². The molecule has 0 aromatic heterocycles. The highest BCUT2D eigenvalue weighted by molar-refractivity contribution is 9.10. The van der Waals surface area contributed by atoms with Crippen molar-refractivity contribution in [2.75, 3.05) is 6.54 Å². The fourth-order valence-electron chi connectivity index (χ4n) is 1.80. The Hall–Kier alpha value is -0.940. The van der Waals surface area contributed by atoms with Gasteiger partial charge in [0.25, 0.3) is 5.91 Å². The average Bonchev–Trinajstić information content (AvgIpc) is 2.27. The predicted octanol–water partition coefficient (Wildman–Crippen LogP) is 2.20. The molecule has 1 fully saturated rings. The zero-order chi connectivity index (χ0) is 12.5. The van der Waals surface area contributed by atoms with E-state index in [4.69, 9.17) is 5.73 Å². The summed E-state index contributed by atoms with van der Waals surface area (Å²) in [4.78, 5) is 11.8. The fraction of sp³-hybridized carbons (Fsp3) is 0.417. The fourth-order valence-corrected chi connectivity index (χ4v) is 2.18. The summed E-state index contributed by atoms with van der Waals surface area (Å²) in [6.45, 7) is 0.473. The third-order valence-corrected chi connectivity index (χ3v) is 3.74. The monoisotopic (exact) mass is 300 g/mol. The van der Waals surface area contributed by atoms with Gasteiger partial charge < -0.3 is 11.1 Å². The number of carbonyl (C=O) groups is 1. The first-order chi connectivity index (χ1) is 8.00. The van der Waals surface area contributed by atoms with Crippen LogP contribution in [0.1, 0.15) is 29.6 Å². The molecule has 0 heterocycles. The highest BCUT2D eigenvalue weighted by atomic mass is 79.9. The average molecular weight is 301 g/mol. The van der Waals surface area contributed by atoms with Crippen LogP contribution in [0.25, 0.3) is 0 Å². The molecule has 0 atom stereocenters. The van der Waals surface area contributed by atoms with Crippen LogP contribution in [0.4, 0.5) is 4.39 Å². The summed E-state index contributed by atoms with van der Waals surface area (Å²) >= 11 is 3.05. The standard InChI is InChI=1S/C12H14BrFN2O/c13-9-6-8(2-3-10(9)14)11(17)16-7-12(15)4-1-5-12/h2-3,6H,1,4-5,7,15H2,(H,16,17). The highest BCUT2D eigenvalue weighted by Crippen LogP contribution is 2.28. The van der Waals surface area contributed by atoms with Gasteiger partial charge in [0.2, 0.25) is 0 Å². The number of rotatable bonds is 3. The maximum Gasteiger partial charge on any atom is 0.251 e. The van der Waals surface area contributed by atoms with Gasteiger partial charge in [0.05, 0.1) is 4.47 Å². The van der Waals surface area contributed by atoms with Crippen molar-refractivity contribution >= 4 is 21.8 Å². The van der Waals surface area contributed by atoms with E-state index < -0.39 is 0 Å². The molecule has 0 saturated heterocycles. The summed E-state index contributed by atoms with van der Waals surface area (Å²) in [5, 5.41) is 2.78. The molecule has 3 N–H and O–H groups in total. The smallest absolute Gasteiger partial charge is 0.251 e. The summed E-state index contributed by atoms with van der Waals surface area (Å²) in [5.41, 5.74) is 6.19. The largest absolute Gasteiger partial charge is 0.350 e. The second-order valence-corrected chi connectivity index (χ2v) is 5.38. The van der Waals surface area contributed by atoms with Crippen LogP contribution in [0.3, 0.4) is 0 Å². The molecule has 17 heavy (non-hydrogen) atoms. The second-order valence-electron chi connectivity index (χ2n) is 4.53. The van der Waals surface area contributed by atoms with Gasteiger partial charge in [-0.1, -0.05) is 0 Å². The van der Waals surface area contributed by atoms with Gasteiger partial charge >= 0.3 is 0 Å². The Labute approximate surface area is 108 Å². The van der Waals surface area contributed by atoms with E-state index in [0.29, 0.717) is 12.1 Å². The van der Waals surface area contributed by atoms with Crippen LogP contribution in [0.15, 0.2) is 22.7 Å². The van der Waals surface area contributed by atoms with Gasteiger partial charge in [-0.15, -0.1) is 0 Å². The SMILES string of the molecule is NC1(CNC(=O)c2ccc(F)c(Br)c2)CCC1. The number of halogens is 2. The topological polar surface area (TPSA) is 55.1 Å². The number of carbonyl (C=O) groups excluding carboxylic acids is 1. The van der Waals surface area contributed by atoms with Crippen LogP contribution in [0.5, 0.6) is 0 Å². The van der Waals surface area contributed by atoms with E-state index in [1.165, 1.54) is 18.2 Å². The van der Waals surface area contributed by atoms with E-state index in [9.17, 15) is 9.18 Å². The molecule has 1 saturated carbocycles. The molecule has 92 valence electrons. The lowest BCUT2D eigenvalue weighted by atomic mass is 9.78. The Bertz CT molecular complexity index is 446. The molecule has 0 radical (unpaired) electrons. The summed E-state index contributed by atoms with van der Waals surface area (Å²) < 4.78 is 13.3. The van der Waals surface area contributed by atoms with Crippen LogP contribution >= 0.6 is 15.9 Å². The molecule has 2 rings (SSSR count). The lowest BCUT2D eigenvalue weighted by molar-refractivity contribution is 0.0929. The Morgan fingerprint density at radius 2 is 2.24 bits per heavy atom. The summed E-state index contributed by atoms with van der Waals surface area (Å²) in [5.74, 6) is -0.599. The Morgan fingerprint density at radius 1 is 1.53 bits per heavy atom. The number of amides is 1. The molecule has 0 unspecified atom stereocenters. The van der Waals surface area contributed by atoms with Crippen molar-refractivity contribution in [3.8, 4) is 0 Å². The zero-order valence-corrected chi connectivity index (χ0v) is 10.9. The van der Waals surface area contributed by atoms with E-state index in [-0.39, 0.29) is 21.7 Å². The molecule has 0 bridgehead atoms. The van der Waals surface area contributed by atoms with Crippen molar-refractivity contribution in [1.82, 2.24) is 5.32 Å². The molecular weight excluding hydrogens is 287 g/mol. The van der Waals surface area contributed by atoms with Crippen LogP contribution in [0.2, 0.25) is 0 Å². The van der Waals surface area contributed by atoms with Crippen LogP contribution in [0, 0.1) is 5.82 Å². The first-order valence-electron chi connectivity index (χ1n) is 5.52. The minimum Gasteiger partial charge on any atom is -0.350 e. The van der Waals surface area contributed by atoms with Gasteiger partial charge in [0, 0.05) is 17.6 Å². The first kappa shape index (κ1) is 12.5. The van der Waals surface area contributed by atoms with Crippen LogP contribution in [-0.2, 0) is 0 Å². The molecule has 3 nitrogen and oxygen atoms in total. The Morgan fingerprint density at radius 3 is 2.76 bits per heavy atom. The minimum absolute atomic E-state index is 0.220. The predicted molar refractivity (Wildman–Crippen MR) is 67.2 cm³/mol. The number of benzene rings is 1. The second kappa shape index (κ2) is 4.74. The summed E-state index contributed by atoms with van der Waals surface area (Å²) in [6, 6.07) is 4.19. The lowest BCUT2D eigenvalue weighted by Gasteiger charge is -2.38. The van der Waals surface area contributed by atoms with Gasteiger partial charge in [-0.05, 0) is 53.4 Å². The molecular formula is C12H14BrFN2O. The van der Waals surface area contributed by atoms with Crippen molar-refractivity contribution in [2.24, 2.45) is 5.73 Å². The summed E-state index contributed by atoms with van der Waals surface area (Å²) in [6.07, 6.45) is 3.01. The van der Waals surface area contributed by atoms with Crippen LogP contribution in [-0.4, -0.2) is 18.0 Å². The molecule has 1 aliphatic carbocycles. The van der Waals surface area contributed by atoms with Gasteiger partial charge in [-0.3, -0.25) is 4.79 Å². The van der Waals surface area contributed by atoms with E-state index in [2.05, 4.69) is 21.2 Å². The number of nitrogens with one attached hydrogen (secondary N) is 1. The van der Waals surface area contributed by atoms with Gasteiger partial charge in [-0.2, -0.15) is 0 Å². The maximum atomic E-state index is 13.0. The van der Waals surface area contributed by atoms with Crippen LogP contribution < -0.4 is 11.1 Å². The molecule has 1 aromatic carbocycles. The minimum atomic E-state index is -0.379. The number of hydrogen-bond acceptors (Lipinski definition) is 2. The van der Waals surface area contributed by atoms with E-state index in [1.807, 2.05) is 0 Å². The first-order valence-corrected chi connectivity index (χ1v) is 6.32. The zero-order valence-electron chi connectivity index (χ0n) is 9.30. The third kappa shape index (κ3) is 2.84. The molecule has 5 heteroatoms. The van der Waals surface area contributed by atoms with Crippen molar-refractivity contribution in [1.29, 1.82) is 0 Å². The normalized spacial score (nSPS) is 17.4. The molecule has 0 aliphatic heterocycles. The number of nitrogens with two attached hydrogens (primary N) is 1. The number of hydrogen-bond donors (Lipinski definition) is 2. The lowest BCUT2D eigenvalue weighted by Crippen LogP contribution is -2.54. The molecule has 1 amide bonds. The third-order valence-electron chi connectivity index (χ3n) is 3.13. The quantitative estimate of drug-likeness (QED) is 0.899. The molecule has 1 aliphatic rings. The van der Waals surface area contributed by atoms with Crippen molar-refractivity contribution in [3.63, 3.8) is 0 Å².